The van der Waals surface area contributed by atoms with Crippen molar-refractivity contribution < 1.29 is 8.42 Å². The number of hydrogen-bond donors (Lipinski definition) is 3. The first-order chi connectivity index (χ1) is 9.03. The van der Waals surface area contributed by atoms with Crippen molar-refractivity contribution in [2.24, 2.45) is 0 Å². The molecule has 1 atom stereocenters. The highest BCUT2D eigenvalue weighted by atomic mass is 32.2. The fourth-order valence-electron chi connectivity index (χ4n) is 1.70. The summed E-state index contributed by atoms with van der Waals surface area (Å²) in [7, 11) is -3.58. The second kappa shape index (κ2) is 5.41. The average molecular weight is 280 g/mol. The lowest BCUT2D eigenvalue weighted by Gasteiger charge is -2.15. The van der Waals surface area contributed by atoms with Gasteiger partial charge in [0.15, 0.2) is 0 Å². The number of nitrogen functional groups attached to an aromatic ring is 1. The van der Waals surface area contributed by atoms with Crippen LogP contribution in [0.2, 0.25) is 0 Å². The van der Waals surface area contributed by atoms with Crippen molar-refractivity contribution in [3.63, 3.8) is 0 Å². The predicted octanol–water partition coefficient (Wildman–Crippen LogP) is 1.42. The second-order valence-corrected chi connectivity index (χ2v) is 5.84. The molecule has 1 aromatic carbocycles. The average Bonchev–Trinajstić information content (AvgIpc) is 2.90. The Kier molecular flexibility index (Phi) is 3.87. The fourth-order valence-corrected chi connectivity index (χ4v) is 2.99. The molecule has 2 aromatic rings. The largest absolute Gasteiger partial charge is 0.399 e. The van der Waals surface area contributed by atoms with Crippen LogP contribution >= 0.6 is 0 Å². The zero-order chi connectivity index (χ0) is 13.9. The Balaban J connectivity index is 2.23. The van der Waals surface area contributed by atoms with E-state index in [9.17, 15) is 8.42 Å². The van der Waals surface area contributed by atoms with Crippen molar-refractivity contribution in [3.8, 4) is 0 Å². The van der Waals surface area contributed by atoms with Crippen LogP contribution in [0.15, 0.2) is 41.6 Å². The molecule has 4 N–H and O–H groups in total. The number of H-pyrrole nitrogens is 1. The van der Waals surface area contributed by atoms with Crippen LogP contribution in [0.4, 0.5) is 5.69 Å². The van der Waals surface area contributed by atoms with E-state index in [-0.39, 0.29) is 10.9 Å². The number of hydrogen-bond acceptors (Lipinski definition) is 4. The Bertz CT molecular complexity index is 620. The van der Waals surface area contributed by atoms with Crippen molar-refractivity contribution in [2.45, 2.75) is 24.3 Å². The summed E-state index contributed by atoms with van der Waals surface area (Å²) in [5.74, 6) is 0.599. The number of nitrogens with zero attached hydrogens (tertiary/aromatic N) is 1. The third kappa shape index (κ3) is 3.12. The first-order valence-corrected chi connectivity index (χ1v) is 7.38. The van der Waals surface area contributed by atoms with E-state index in [2.05, 4.69) is 14.7 Å². The molecule has 0 saturated heterocycles. The quantitative estimate of drug-likeness (QED) is 0.721. The van der Waals surface area contributed by atoms with Gasteiger partial charge in [-0.3, -0.25) is 0 Å². The zero-order valence-corrected chi connectivity index (χ0v) is 11.3. The molecule has 6 nitrogen and oxygen atoms in total. The highest BCUT2D eigenvalue weighted by Gasteiger charge is 2.21. The maximum absolute atomic E-state index is 12.2. The van der Waals surface area contributed by atoms with Gasteiger partial charge >= 0.3 is 0 Å². The van der Waals surface area contributed by atoms with Gasteiger partial charge in [-0.25, -0.2) is 18.1 Å². The lowest BCUT2D eigenvalue weighted by atomic mass is 10.2. The van der Waals surface area contributed by atoms with Crippen LogP contribution in [0.25, 0.3) is 0 Å². The standard InChI is InChI=1S/C12H16N4O2S/c1-2-11(12-14-7-8-15-12)16-19(17,18)10-5-3-9(13)4-6-10/h3-8,11,16H,2,13H2,1H3,(H,14,15). The monoisotopic (exact) mass is 280 g/mol. The Labute approximate surface area is 112 Å². The van der Waals surface area contributed by atoms with Crippen LogP contribution in [0.5, 0.6) is 0 Å². The van der Waals surface area contributed by atoms with Crippen molar-refractivity contribution >= 4 is 15.7 Å². The molecule has 0 aliphatic heterocycles. The molecule has 7 heteroatoms. The number of nitrogens with one attached hydrogen (secondary N) is 2. The maximum atomic E-state index is 12.2. The molecule has 1 aromatic heterocycles. The van der Waals surface area contributed by atoms with Crippen LogP contribution < -0.4 is 10.5 Å². The van der Waals surface area contributed by atoms with E-state index in [0.717, 1.165) is 0 Å². The third-order valence-electron chi connectivity index (χ3n) is 2.75. The molecule has 0 saturated carbocycles. The molecule has 1 heterocycles. The number of nitrogens with two attached hydrogens (primary N) is 1. The summed E-state index contributed by atoms with van der Waals surface area (Å²) >= 11 is 0. The van der Waals surface area contributed by atoms with Crippen LogP contribution in [-0.4, -0.2) is 18.4 Å². The van der Waals surface area contributed by atoms with Gasteiger partial charge in [0.2, 0.25) is 10.0 Å². The number of imidazole rings is 1. The smallest absolute Gasteiger partial charge is 0.241 e. The predicted molar refractivity (Wildman–Crippen MR) is 72.8 cm³/mol. The molecule has 19 heavy (non-hydrogen) atoms. The Hall–Kier alpha value is -1.86. The molecule has 0 aliphatic rings. The van der Waals surface area contributed by atoms with Gasteiger partial charge in [-0.05, 0) is 30.7 Å². The lowest BCUT2D eigenvalue weighted by Crippen LogP contribution is -2.29. The van der Waals surface area contributed by atoms with Gasteiger partial charge < -0.3 is 10.7 Å². The van der Waals surface area contributed by atoms with Crippen molar-refractivity contribution in [1.29, 1.82) is 0 Å². The Morgan fingerprint density at radius 3 is 2.58 bits per heavy atom. The van der Waals surface area contributed by atoms with Crippen LogP contribution in [-0.2, 0) is 10.0 Å². The van der Waals surface area contributed by atoms with Crippen LogP contribution in [0.1, 0.15) is 25.2 Å². The Morgan fingerprint density at radius 2 is 2.05 bits per heavy atom. The molecule has 2 rings (SSSR count). The number of rotatable bonds is 5. The van der Waals surface area contributed by atoms with E-state index in [0.29, 0.717) is 17.9 Å². The summed E-state index contributed by atoms with van der Waals surface area (Å²) in [5, 5.41) is 0. The van der Waals surface area contributed by atoms with E-state index in [1.165, 1.54) is 12.1 Å². The molecule has 102 valence electrons. The molecule has 0 amide bonds. The molecular weight excluding hydrogens is 264 g/mol. The van der Waals surface area contributed by atoms with E-state index >= 15 is 0 Å². The topological polar surface area (TPSA) is 101 Å². The number of aromatic nitrogens is 2. The first-order valence-electron chi connectivity index (χ1n) is 5.90. The fraction of sp³-hybridized carbons (Fsp3) is 0.250. The summed E-state index contributed by atoms with van der Waals surface area (Å²) < 4.78 is 27.0. The van der Waals surface area contributed by atoms with Crippen molar-refractivity contribution in [2.75, 3.05) is 5.73 Å². The van der Waals surface area contributed by atoms with Gasteiger partial charge in [0.25, 0.3) is 0 Å². The number of sulfonamides is 1. The summed E-state index contributed by atoms with van der Waals surface area (Å²) in [6.07, 6.45) is 3.85. The maximum Gasteiger partial charge on any atom is 0.241 e. The molecule has 0 fully saturated rings. The van der Waals surface area contributed by atoms with E-state index < -0.39 is 10.0 Å². The van der Waals surface area contributed by atoms with Crippen molar-refractivity contribution in [3.05, 3.63) is 42.5 Å². The normalized spacial score (nSPS) is 13.3. The number of anilines is 1. The van der Waals surface area contributed by atoms with Gasteiger partial charge in [-0.2, -0.15) is 0 Å². The minimum atomic E-state index is -3.58. The number of aromatic amines is 1. The zero-order valence-electron chi connectivity index (χ0n) is 10.5. The van der Waals surface area contributed by atoms with Gasteiger partial charge in [-0.1, -0.05) is 6.92 Å². The minimum Gasteiger partial charge on any atom is -0.399 e. The first kappa shape index (κ1) is 13.6. The SMILES string of the molecule is CCC(NS(=O)(=O)c1ccc(N)cc1)c1ncc[nH]1. The van der Waals surface area contributed by atoms with Crippen LogP contribution in [0, 0.1) is 0 Å². The molecule has 1 unspecified atom stereocenters. The van der Waals surface area contributed by atoms with Gasteiger partial charge in [0, 0.05) is 18.1 Å². The highest BCUT2D eigenvalue weighted by molar-refractivity contribution is 7.89. The second-order valence-electron chi connectivity index (χ2n) is 4.13. The van der Waals surface area contributed by atoms with E-state index in [1.54, 1.807) is 24.5 Å². The van der Waals surface area contributed by atoms with Gasteiger partial charge in [0.1, 0.15) is 5.82 Å². The lowest BCUT2D eigenvalue weighted by molar-refractivity contribution is 0.539. The molecule has 0 bridgehead atoms. The van der Waals surface area contributed by atoms with E-state index in [1.807, 2.05) is 6.92 Å². The summed E-state index contributed by atoms with van der Waals surface area (Å²) in [5.41, 5.74) is 6.07. The molecule has 0 aliphatic carbocycles. The minimum absolute atomic E-state index is 0.187. The number of benzene rings is 1. The third-order valence-corrected chi connectivity index (χ3v) is 4.23. The molecule has 0 radical (unpaired) electrons. The summed E-state index contributed by atoms with van der Waals surface area (Å²) in [4.78, 5) is 7.18. The van der Waals surface area contributed by atoms with Gasteiger partial charge in [0.05, 0.1) is 10.9 Å². The summed E-state index contributed by atoms with van der Waals surface area (Å²) in [6.45, 7) is 1.89. The van der Waals surface area contributed by atoms with Crippen molar-refractivity contribution in [1.82, 2.24) is 14.7 Å². The molecule has 0 spiro atoms. The molecular formula is C12H16N4O2S. The highest BCUT2D eigenvalue weighted by Crippen LogP contribution is 2.18. The Morgan fingerprint density at radius 1 is 1.37 bits per heavy atom. The van der Waals surface area contributed by atoms with Crippen LogP contribution in [0.3, 0.4) is 0 Å². The van der Waals surface area contributed by atoms with E-state index in [4.69, 9.17) is 5.73 Å². The van der Waals surface area contributed by atoms with Gasteiger partial charge in [-0.15, -0.1) is 0 Å². The summed E-state index contributed by atoms with van der Waals surface area (Å²) in [6, 6.07) is 5.70.